The molecule has 0 saturated heterocycles. The molecule has 0 aliphatic heterocycles. The number of hydrogen-bond donors (Lipinski definition) is 3. The number of aromatic amines is 1. The SMILES string of the molecule is Cc1n[nH]c(C)c1NC(=O)N(C)CCCC(=O)O. The van der Waals surface area contributed by atoms with E-state index in [1.165, 1.54) is 4.90 Å². The Hall–Kier alpha value is -2.05. The van der Waals surface area contributed by atoms with Crippen LogP contribution in [-0.4, -0.2) is 45.8 Å². The van der Waals surface area contributed by atoms with Crippen LogP contribution in [0.5, 0.6) is 0 Å². The van der Waals surface area contributed by atoms with E-state index in [1.807, 2.05) is 6.92 Å². The van der Waals surface area contributed by atoms with Crippen LogP contribution in [0.15, 0.2) is 0 Å². The molecule has 7 nitrogen and oxygen atoms in total. The van der Waals surface area contributed by atoms with Crippen LogP contribution >= 0.6 is 0 Å². The van der Waals surface area contributed by atoms with Gasteiger partial charge < -0.3 is 15.3 Å². The summed E-state index contributed by atoms with van der Waals surface area (Å²) in [4.78, 5) is 23.6. The van der Waals surface area contributed by atoms with Gasteiger partial charge in [-0.05, 0) is 20.3 Å². The third-order valence-electron chi connectivity index (χ3n) is 2.59. The Kier molecular flexibility index (Phi) is 4.70. The van der Waals surface area contributed by atoms with Gasteiger partial charge in [-0.25, -0.2) is 4.79 Å². The lowest BCUT2D eigenvalue weighted by Gasteiger charge is -2.17. The van der Waals surface area contributed by atoms with Crippen molar-refractivity contribution in [3.05, 3.63) is 11.4 Å². The second-order valence-electron chi connectivity index (χ2n) is 4.16. The molecule has 0 fully saturated rings. The summed E-state index contributed by atoms with van der Waals surface area (Å²) in [7, 11) is 1.63. The van der Waals surface area contributed by atoms with Crippen LogP contribution < -0.4 is 5.32 Å². The minimum Gasteiger partial charge on any atom is -0.481 e. The maximum atomic E-state index is 11.8. The second kappa shape index (κ2) is 6.04. The second-order valence-corrected chi connectivity index (χ2v) is 4.16. The van der Waals surface area contributed by atoms with E-state index in [0.717, 1.165) is 11.4 Å². The first kappa shape index (κ1) is 14.0. The van der Waals surface area contributed by atoms with Gasteiger partial charge in [0.1, 0.15) is 0 Å². The molecular formula is C11H18N4O3. The molecular weight excluding hydrogens is 236 g/mol. The summed E-state index contributed by atoms with van der Waals surface area (Å²) in [5.74, 6) is -0.856. The highest BCUT2D eigenvalue weighted by Crippen LogP contribution is 2.16. The number of amides is 2. The minimum absolute atomic E-state index is 0.0569. The zero-order valence-corrected chi connectivity index (χ0v) is 10.8. The molecule has 0 aliphatic rings. The zero-order valence-electron chi connectivity index (χ0n) is 10.8. The molecule has 0 aliphatic carbocycles. The Balaban J connectivity index is 2.47. The first-order chi connectivity index (χ1) is 8.41. The average Bonchev–Trinajstić information content (AvgIpc) is 2.60. The maximum Gasteiger partial charge on any atom is 0.321 e. The fourth-order valence-electron chi connectivity index (χ4n) is 1.51. The number of carbonyl (C=O) groups excluding carboxylic acids is 1. The average molecular weight is 254 g/mol. The molecule has 0 aromatic carbocycles. The lowest BCUT2D eigenvalue weighted by atomic mass is 10.3. The molecule has 0 unspecified atom stereocenters. The number of carbonyl (C=O) groups is 2. The number of nitrogens with one attached hydrogen (secondary N) is 2. The summed E-state index contributed by atoms with van der Waals surface area (Å²) < 4.78 is 0. The van der Waals surface area contributed by atoms with Gasteiger partial charge in [-0.1, -0.05) is 0 Å². The third-order valence-corrected chi connectivity index (χ3v) is 2.59. The lowest BCUT2D eigenvalue weighted by molar-refractivity contribution is -0.137. The van der Waals surface area contributed by atoms with Crippen LogP contribution in [0.25, 0.3) is 0 Å². The quantitative estimate of drug-likeness (QED) is 0.738. The molecule has 2 amide bonds. The summed E-state index contributed by atoms with van der Waals surface area (Å²) in [6.45, 7) is 4.01. The van der Waals surface area contributed by atoms with E-state index >= 15 is 0 Å². The monoisotopic (exact) mass is 254 g/mol. The number of rotatable bonds is 5. The van der Waals surface area contributed by atoms with Gasteiger partial charge in [0.2, 0.25) is 0 Å². The summed E-state index contributed by atoms with van der Waals surface area (Å²) in [6.07, 6.45) is 0.490. The molecule has 100 valence electrons. The number of nitrogens with zero attached hydrogens (tertiary/aromatic N) is 2. The molecule has 1 aromatic heterocycles. The van der Waals surface area contributed by atoms with E-state index in [9.17, 15) is 9.59 Å². The van der Waals surface area contributed by atoms with Crippen molar-refractivity contribution in [3.63, 3.8) is 0 Å². The van der Waals surface area contributed by atoms with Crippen LogP contribution in [0.1, 0.15) is 24.2 Å². The molecule has 1 rings (SSSR count). The zero-order chi connectivity index (χ0) is 13.7. The Morgan fingerprint density at radius 3 is 2.61 bits per heavy atom. The van der Waals surface area contributed by atoms with E-state index in [0.29, 0.717) is 18.7 Å². The first-order valence-corrected chi connectivity index (χ1v) is 5.67. The largest absolute Gasteiger partial charge is 0.481 e. The van der Waals surface area contributed by atoms with E-state index in [1.54, 1.807) is 14.0 Å². The van der Waals surface area contributed by atoms with Crippen molar-refractivity contribution >= 4 is 17.7 Å². The Labute approximate surface area is 105 Å². The number of H-pyrrole nitrogens is 1. The molecule has 18 heavy (non-hydrogen) atoms. The van der Waals surface area contributed by atoms with Crippen LogP contribution in [0, 0.1) is 13.8 Å². The Morgan fingerprint density at radius 2 is 2.11 bits per heavy atom. The molecule has 1 heterocycles. The van der Waals surface area contributed by atoms with E-state index in [4.69, 9.17) is 5.11 Å². The number of hydrogen-bond acceptors (Lipinski definition) is 3. The molecule has 1 aromatic rings. The normalized spacial score (nSPS) is 10.2. The predicted octanol–water partition coefficient (Wildman–Crippen LogP) is 1.36. The molecule has 0 radical (unpaired) electrons. The van der Waals surface area contributed by atoms with Crippen LogP contribution in [-0.2, 0) is 4.79 Å². The highest BCUT2D eigenvalue weighted by atomic mass is 16.4. The number of aromatic nitrogens is 2. The Morgan fingerprint density at radius 1 is 1.44 bits per heavy atom. The van der Waals surface area contributed by atoms with Crippen LogP contribution in [0.3, 0.4) is 0 Å². The smallest absolute Gasteiger partial charge is 0.321 e. The van der Waals surface area contributed by atoms with Crippen molar-refractivity contribution in [3.8, 4) is 0 Å². The third kappa shape index (κ3) is 3.76. The molecule has 7 heteroatoms. The van der Waals surface area contributed by atoms with Crippen molar-refractivity contribution < 1.29 is 14.7 Å². The maximum absolute atomic E-state index is 11.8. The van der Waals surface area contributed by atoms with Gasteiger partial charge in [0.05, 0.1) is 17.1 Å². The van der Waals surface area contributed by atoms with Crippen molar-refractivity contribution in [2.75, 3.05) is 18.9 Å². The van der Waals surface area contributed by atoms with Gasteiger partial charge in [0.15, 0.2) is 0 Å². The molecule has 0 saturated carbocycles. The van der Waals surface area contributed by atoms with Crippen LogP contribution in [0.4, 0.5) is 10.5 Å². The molecule has 3 N–H and O–H groups in total. The molecule has 0 atom stereocenters. The van der Waals surface area contributed by atoms with Crippen molar-refractivity contribution in [2.24, 2.45) is 0 Å². The topological polar surface area (TPSA) is 98.3 Å². The van der Waals surface area contributed by atoms with Crippen molar-refractivity contribution in [1.82, 2.24) is 15.1 Å². The van der Waals surface area contributed by atoms with Gasteiger partial charge >= 0.3 is 12.0 Å². The standard InChI is InChI=1S/C11H18N4O3/c1-7-10(8(2)14-13-7)12-11(18)15(3)6-4-5-9(16)17/h4-6H2,1-3H3,(H,12,18)(H,13,14)(H,16,17). The minimum atomic E-state index is -0.856. The van der Waals surface area contributed by atoms with Gasteiger partial charge in [-0.2, -0.15) is 5.10 Å². The fraction of sp³-hybridized carbons (Fsp3) is 0.545. The van der Waals surface area contributed by atoms with Crippen LogP contribution in [0.2, 0.25) is 0 Å². The Bertz CT molecular complexity index is 422. The van der Waals surface area contributed by atoms with E-state index in [2.05, 4.69) is 15.5 Å². The van der Waals surface area contributed by atoms with Gasteiger partial charge in [-0.15, -0.1) is 0 Å². The van der Waals surface area contributed by atoms with Gasteiger partial charge in [0, 0.05) is 20.0 Å². The number of aliphatic carboxylic acids is 1. The number of carboxylic acids is 1. The van der Waals surface area contributed by atoms with Crippen molar-refractivity contribution in [1.29, 1.82) is 0 Å². The molecule has 0 bridgehead atoms. The summed E-state index contributed by atoms with van der Waals surface area (Å²) in [5, 5.41) is 18.0. The van der Waals surface area contributed by atoms with E-state index in [-0.39, 0.29) is 12.5 Å². The predicted molar refractivity (Wildman–Crippen MR) is 66.6 cm³/mol. The fourth-order valence-corrected chi connectivity index (χ4v) is 1.51. The van der Waals surface area contributed by atoms with E-state index < -0.39 is 5.97 Å². The number of aryl methyl sites for hydroxylation is 2. The first-order valence-electron chi connectivity index (χ1n) is 5.67. The lowest BCUT2D eigenvalue weighted by Crippen LogP contribution is -2.32. The highest BCUT2D eigenvalue weighted by molar-refractivity contribution is 5.90. The molecule has 0 spiro atoms. The summed E-state index contributed by atoms with van der Waals surface area (Å²) >= 11 is 0. The summed E-state index contributed by atoms with van der Waals surface area (Å²) in [5.41, 5.74) is 2.18. The highest BCUT2D eigenvalue weighted by Gasteiger charge is 2.13. The number of carboxylic acid groups (broad SMARTS) is 1. The van der Waals surface area contributed by atoms with Gasteiger partial charge in [-0.3, -0.25) is 9.89 Å². The number of anilines is 1. The summed E-state index contributed by atoms with van der Waals surface area (Å²) in [6, 6.07) is -0.270. The van der Waals surface area contributed by atoms with Crippen molar-refractivity contribution in [2.45, 2.75) is 26.7 Å². The van der Waals surface area contributed by atoms with Gasteiger partial charge in [0.25, 0.3) is 0 Å². The number of urea groups is 1.